The van der Waals surface area contributed by atoms with Crippen LogP contribution in [0.2, 0.25) is 0 Å². The molecule has 0 spiro atoms. The van der Waals surface area contributed by atoms with E-state index in [4.69, 9.17) is 5.73 Å². The zero-order valence-corrected chi connectivity index (χ0v) is 23.2. The van der Waals surface area contributed by atoms with Crippen molar-refractivity contribution in [2.45, 2.75) is 44.8 Å². The lowest BCUT2D eigenvalue weighted by Crippen LogP contribution is -2.51. The zero-order chi connectivity index (χ0) is 29.0. The summed E-state index contributed by atoms with van der Waals surface area (Å²) < 4.78 is 1.77. The van der Waals surface area contributed by atoms with Crippen LogP contribution in [0.5, 0.6) is 0 Å². The van der Waals surface area contributed by atoms with Crippen molar-refractivity contribution < 1.29 is 14.4 Å². The minimum absolute atomic E-state index is 0.00127. The van der Waals surface area contributed by atoms with E-state index in [1.165, 1.54) is 0 Å². The van der Waals surface area contributed by atoms with Gasteiger partial charge in [-0.15, -0.1) is 0 Å². The number of primary amides is 1. The van der Waals surface area contributed by atoms with Crippen molar-refractivity contribution in [1.82, 2.24) is 19.4 Å². The Morgan fingerprint density at radius 2 is 1.83 bits per heavy atom. The van der Waals surface area contributed by atoms with Crippen molar-refractivity contribution >= 4 is 45.3 Å². The van der Waals surface area contributed by atoms with Crippen LogP contribution in [-0.2, 0) is 16.1 Å². The van der Waals surface area contributed by atoms with Crippen molar-refractivity contribution in [3.8, 4) is 11.1 Å². The lowest BCUT2D eigenvalue weighted by molar-refractivity contribution is -0.141. The molecule has 210 valence electrons. The molecule has 3 aromatic heterocycles. The summed E-state index contributed by atoms with van der Waals surface area (Å²) in [6.07, 6.45) is 6.02. The molecular weight excluding hydrogens is 528 g/mol. The number of nitrogens with zero attached hydrogens (tertiary/aromatic N) is 4. The lowest BCUT2D eigenvalue weighted by Gasteiger charge is -2.34. The number of aryl methyl sites for hydroxylation is 1. The monoisotopic (exact) mass is 558 g/mol. The van der Waals surface area contributed by atoms with Gasteiger partial charge in [-0.2, -0.15) is 0 Å². The Hall–Kier alpha value is -5.05. The van der Waals surface area contributed by atoms with Crippen LogP contribution in [0, 0.1) is 12.8 Å². The van der Waals surface area contributed by atoms with E-state index in [1.807, 2.05) is 67.6 Å². The quantitative estimate of drug-likeness (QED) is 0.313. The number of likely N-dealkylation sites (tertiary alicyclic amines) is 1. The number of benzene rings is 2. The van der Waals surface area contributed by atoms with Crippen LogP contribution in [0.3, 0.4) is 0 Å². The second-order valence-corrected chi connectivity index (χ2v) is 11.3. The van der Waals surface area contributed by atoms with Crippen LogP contribution in [0.15, 0.2) is 79.1 Å². The molecule has 9 nitrogen and oxygen atoms in total. The Morgan fingerprint density at radius 3 is 2.67 bits per heavy atom. The minimum Gasteiger partial charge on any atom is -0.366 e. The van der Waals surface area contributed by atoms with Gasteiger partial charge in [-0.3, -0.25) is 19.4 Å². The molecule has 2 bridgehead atoms. The molecule has 2 fully saturated rings. The van der Waals surface area contributed by atoms with Crippen molar-refractivity contribution in [2.75, 3.05) is 5.32 Å². The predicted molar refractivity (Wildman–Crippen MR) is 161 cm³/mol. The average molecular weight is 559 g/mol. The molecule has 1 saturated carbocycles. The minimum atomic E-state index is -0.563. The van der Waals surface area contributed by atoms with Crippen molar-refractivity contribution in [1.29, 1.82) is 0 Å². The van der Waals surface area contributed by atoms with E-state index in [-0.39, 0.29) is 30.3 Å². The van der Waals surface area contributed by atoms with E-state index in [0.717, 1.165) is 52.5 Å². The van der Waals surface area contributed by atoms with Crippen LogP contribution >= 0.6 is 0 Å². The van der Waals surface area contributed by atoms with E-state index in [0.29, 0.717) is 16.8 Å². The predicted octanol–water partition coefficient (Wildman–Crippen LogP) is 4.68. The van der Waals surface area contributed by atoms with E-state index >= 15 is 0 Å². The van der Waals surface area contributed by atoms with Gasteiger partial charge in [0.1, 0.15) is 18.4 Å². The topological polar surface area (TPSA) is 123 Å². The maximum absolute atomic E-state index is 13.8. The first kappa shape index (κ1) is 25.9. The highest BCUT2D eigenvalue weighted by Crippen LogP contribution is 2.43. The molecule has 7 rings (SSSR count). The van der Waals surface area contributed by atoms with Gasteiger partial charge >= 0.3 is 0 Å². The number of nitrogens with two attached hydrogens (primary N) is 1. The summed E-state index contributed by atoms with van der Waals surface area (Å²) in [6, 6.07) is 20.7. The molecule has 42 heavy (non-hydrogen) atoms. The van der Waals surface area contributed by atoms with Gasteiger partial charge in [0.15, 0.2) is 0 Å². The zero-order valence-electron chi connectivity index (χ0n) is 23.2. The molecule has 9 heteroatoms. The Morgan fingerprint density at radius 1 is 1.00 bits per heavy atom. The summed E-state index contributed by atoms with van der Waals surface area (Å²) in [5.74, 6) is -0.330. The van der Waals surface area contributed by atoms with Crippen LogP contribution in [0.1, 0.15) is 35.3 Å². The van der Waals surface area contributed by atoms with Gasteiger partial charge < -0.3 is 20.5 Å². The van der Waals surface area contributed by atoms with Gasteiger partial charge in [-0.05, 0) is 79.6 Å². The summed E-state index contributed by atoms with van der Waals surface area (Å²) in [5.41, 5.74) is 10.4. The highest BCUT2D eigenvalue weighted by molar-refractivity contribution is 6.07. The molecule has 2 unspecified atom stereocenters. The third-order valence-corrected chi connectivity index (χ3v) is 8.67. The highest BCUT2D eigenvalue weighted by atomic mass is 16.2. The smallest absolute Gasteiger partial charge is 0.250 e. The van der Waals surface area contributed by atoms with Gasteiger partial charge in [0.2, 0.25) is 11.8 Å². The second kappa shape index (κ2) is 10.1. The summed E-state index contributed by atoms with van der Waals surface area (Å²) in [4.78, 5) is 50.4. The van der Waals surface area contributed by atoms with Gasteiger partial charge in [0, 0.05) is 40.4 Å². The molecule has 2 aromatic carbocycles. The molecule has 2 aliphatic rings. The Balaban J connectivity index is 1.18. The van der Waals surface area contributed by atoms with E-state index in [2.05, 4.69) is 15.3 Å². The van der Waals surface area contributed by atoms with Gasteiger partial charge in [-0.1, -0.05) is 30.3 Å². The number of amides is 3. The number of hydrogen-bond donors (Lipinski definition) is 2. The highest BCUT2D eigenvalue weighted by Gasteiger charge is 2.51. The number of fused-ring (bicyclic) bond motifs is 4. The van der Waals surface area contributed by atoms with Crippen LogP contribution < -0.4 is 11.1 Å². The van der Waals surface area contributed by atoms with Crippen molar-refractivity contribution in [3.63, 3.8) is 0 Å². The maximum atomic E-state index is 13.8. The number of pyridine rings is 2. The number of rotatable bonds is 6. The number of piperidine rings is 1. The van der Waals surface area contributed by atoms with Gasteiger partial charge in [0.25, 0.3) is 5.91 Å². The summed E-state index contributed by atoms with van der Waals surface area (Å²) in [7, 11) is 0. The number of carbonyl (C=O) groups is 3. The van der Waals surface area contributed by atoms with Crippen LogP contribution in [0.25, 0.3) is 32.9 Å². The summed E-state index contributed by atoms with van der Waals surface area (Å²) in [5, 5.41) is 4.64. The maximum Gasteiger partial charge on any atom is 0.250 e. The standard InChI is InChI=1S/C33H30N6O3/c1-19-4-2-6-29(36-19)37-33(42)31-23-9-11-24(14-23)39(31)30(40)18-38-17-26(32(34)41)25-15-21(10-12-28(25)38)22-8-7-20-5-3-13-35-27(20)16-22/h2-8,10,12-13,15-17,23-24,31H,9,11,14,18H2,1H3,(H2,34,41)(H,36,37,42)/t23?,24?,31-/m0/s1. The molecule has 0 radical (unpaired) electrons. The molecule has 3 atom stereocenters. The van der Waals surface area contributed by atoms with E-state index in [9.17, 15) is 14.4 Å². The molecule has 5 aromatic rings. The SMILES string of the molecule is Cc1cccc(NC(=O)[C@@H]2C3CCC(C3)N2C(=O)Cn2cc(C(N)=O)c3cc(-c4ccc5cccnc5c4)ccc32)n1. The molecular formula is C33H30N6O3. The molecule has 1 aliphatic carbocycles. The molecule has 3 amide bonds. The number of carbonyl (C=O) groups excluding carboxylic acids is 3. The number of aromatic nitrogens is 3. The van der Waals surface area contributed by atoms with E-state index in [1.54, 1.807) is 27.9 Å². The second-order valence-electron chi connectivity index (χ2n) is 11.3. The first-order chi connectivity index (χ1) is 20.4. The third kappa shape index (κ3) is 4.47. The lowest BCUT2D eigenvalue weighted by atomic mass is 9.97. The van der Waals surface area contributed by atoms with E-state index < -0.39 is 11.9 Å². The summed E-state index contributed by atoms with van der Waals surface area (Å²) >= 11 is 0. The van der Waals surface area contributed by atoms with Gasteiger partial charge in [-0.25, -0.2) is 4.98 Å². The number of hydrogen-bond acceptors (Lipinski definition) is 5. The fourth-order valence-corrected chi connectivity index (χ4v) is 6.77. The summed E-state index contributed by atoms with van der Waals surface area (Å²) in [6.45, 7) is 1.87. The Labute approximate surface area is 242 Å². The number of anilines is 1. The van der Waals surface area contributed by atoms with Crippen molar-refractivity contribution in [2.24, 2.45) is 11.7 Å². The molecule has 4 heterocycles. The Bertz CT molecular complexity index is 1900. The number of nitrogens with one attached hydrogen (secondary N) is 1. The first-order valence-corrected chi connectivity index (χ1v) is 14.2. The Kier molecular flexibility index (Phi) is 6.22. The van der Waals surface area contributed by atoms with Crippen LogP contribution in [-0.4, -0.2) is 49.2 Å². The third-order valence-electron chi connectivity index (χ3n) is 8.67. The van der Waals surface area contributed by atoms with Crippen LogP contribution in [0.4, 0.5) is 5.82 Å². The molecule has 1 saturated heterocycles. The molecule has 3 N–H and O–H groups in total. The fourth-order valence-electron chi connectivity index (χ4n) is 6.77. The normalized spacial score (nSPS) is 19.5. The fraction of sp³-hybridized carbons (Fsp3) is 0.242. The molecule has 1 aliphatic heterocycles. The van der Waals surface area contributed by atoms with Gasteiger partial charge in [0.05, 0.1) is 11.1 Å². The first-order valence-electron chi connectivity index (χ1n) is 14.2. The average Bonchev–Trinajstić information content (AvgIpc) is 3.70. The largest absolute Gasteiger partial charge is 0.366 e. The van der Waals surface area contributed by atoms with Crippen molar-refractivity contribution in [3.05, 3.63) is 90.4 Å².